The second-order valence-corrected chi connectivity index (χ2v) is 11.4. The molecule has 4 aliphatic rings. The number of hydrogen-bond donors (Lipinski definition) is 1. The van der Waals surface area contributed by atoms with Crippen LogP contribution in [0.5, 0.6) is 0 Å². The molecule has 4 saturated carbocycles. The summed E-state index contributed by atoms with van der Waals surface area (Å²) >= 11 is 0. The van der Waals surface area contributed by atoms with E-state index in [9.17, 15) is 14.7 Å². The van der Waals surface area contributed by atoms with Gasteiger partial charge in [-0.15, -0.1) is 0 Å². The fourth-order valence-electron chi connectivity index (χ4n) is 8.64. The lowest BCUT2D eigenvalue weighted by Gasteiger charge is -2.62. The van der Waals surface area contributed by atoms with Gasteiger partial charge < -0.3 is 9.84 Å². The molecule has 0 heterocycles. The van der Waals surface area contributed by atoms with E-state index in [0.717, 1.165) is 25.7 Å². The van der Waals surface area contributed by atoms with Crippen molar-refractivity contribution in [3.8, 4) is 0 Å². The highest BCUT2D eigenvalue weighted by atomic mass is 16.5. The smallest absolute Gasteiger partial charge is 0.305 e. The molecule has 3 unspecified atom stereocenters. The highest BCUT2D eigenvalue weighted by molar-refractivity contribution is 5.79. The molecule has 0 bridgehead atoms. The summed E-state index contributed by atoms with van der Waals surface area (Å²) in [5, 5.41) is 11.3. The van der Waals surface area contributed by atoms with E-state index in [0.29, 0.717) is 54.1 Å². The Morgan fingerprint density at radius 3 is 2.62 bits per heavy atom. The molecular formula is C25H40O4. The van der Waals surface area contributed by atoms with Gasteiger partial charge in [0.1, 0.15) is 5.78 Å². The number of methoxy groups -OCH3 is 1. The normalized spacial score (nSPS) is 47.7. The first kappa shape index (κ1) is 21.3. The summed E-state index contributed by atoms with van der Waals surface area (Å²) in [7, 11) is 1.47. The van der Waals surface area contributed by atoms with Crippen molar-refractivity contribution in [1.29, 1.82) is 0 Å². The number of carbonyl (C=O) groups excluding carboxylic acids is 2. The zero-order valence-corrected chi connectivity index (χ0v) is 18.8. The molecule has 4 aliphatic carbocycles. The minimum atomic E-state index is -0.252. The number of aliphatic hydroxyl groups excluding tert-OH is 1. The second kappa shape index (κ2) is 7.66. The summed E-state index contributed by atoms with van der Waals surface area (Å²) in [6.07, 6.45) is 9.27. The third-order valence-corrected chi connectivity index (χ3v) is 10.3. The van der Waals surface area contributed by atoms with Crippen LogP contribution in [0.25, 0.3) is 0 Å². The number of ketones is 1. The van der Waals surface area contributed by atoms with Crippen molar-refractivity contribution < 1.29 is 19.4 Å². The van der Waals surface area contributed by atoms with Crippen molar-refractivity contribution in [2.75, 3.05) is 7.11 Å². The van der Waals surface area contributed by atoms with Gasteiger partial charge in [-0.2, -0.15) is 0 Å². The zero-order chi connectivity index (χ0) is 21.0. The lowest BCUT2D eigenvalue weighted by molar-refractivity contribution is -0.169. The van der Waals surface area contributed by atoms with Gasteiger partial charge in [-0.1, -0.05) is 20.8 Å². The average Bonchev–Trinajstić information content (AvgIpc) is 3.04. The topological polar surface area (TPSA) is 63.6 Å². The molecule has 4 fully saturated rings. The highest BCUT2D eigenvalue weighted by Gasteiger charge is 2.62. The molecule has 0 aromatic heterocycles. The van der Waals surface area contributed by atoms with Crippen molar-refractivity contribution in [1.82, 2.24) is 0 Å². The number of esters is 1. The Bertz CT molecular complexity index is 659. The Labute approximate surface area is 176 Å². The summed E-state index contributed by atoms with van der Waals surface area (Å²) in [5.41, 5.74) is 0.499. The molecule has 9 atom stereocenters. The number of fused-ring (bicyclic) bond motifs is 5. The lowest BCUT2D eigenvalue weighted by atomic mass is 9.44. The quantitative estimate of drug-likeness (QED) is 0.685. The number of Topliss-reactive ketones (excluding diaryl/α,β-unsaturated/α-hetero) is 1. The van der Waals surface area contributed by atoms with Crippen LogP contribution >= 0.6 is 0 Å². The minimum absolute atomic E-state index is 0.103. The van der Waals surface area contributed by atoms with Crippen LogP contribution in [0.2, 0.25) is 0 Å². The van der Waals surface area contributed by atoms with Crippen LogP contribution in [0.15, 0.2) is 0 Å². The molecule has 0 saturated heterocycles. The molecule has 29 heavy (non-hydrogen) atoms. The average molecular weight is 405 g/mol. The molecule has 1 N–H and O–H groups in total. The molecular weight excluding hydrogens is 364 g/mol. The Morgan fingerprint density at radius 2 is 1.90 bits per heavy atom. The van der Waals surface area contributed by atoms with Gasteiger partial charge in [0, 0.05) is 19.3 Å². The van der Waals surface area contributed by atoms with Crippen LogP contribution in [0.1, 0.15) is 85.0 Å². The minimum Gasteiger partial charge on any atom is -0.469 e. The number of aliphatic hydroxyl groups is 1. The molecule has 0 aromatic rings. The summed E-state index contributed by atoms with van der Waals surface area (Å²) in [6, 6.07) is 0. The number of hydrogen-bond acceptors (Lipinski definition) is 4. The molecule has 4 rings (SSSR count). The molecule has 0 aromatic carbocycles. The van der Waals surface area contributed by atoms with E-state index < -0.39 is 0 Å². The van der Waals surface area contributed by atoms with Crippen molar-refractivity contribution in [2.45, 2.75) is 91.1 Å². The summed E-state index contributed by atoms with van der Waals surface area (Å²) in [4.78, 5) is 23.7. The Morgan fingerprint density at radius 1 is 1.17 bits per heavy atom. The third kappa shape index (κ3) is 3.38. The third-order valence-electron chi connectivity index (χ3n) is 10.3. The Hall–Kier alpha value is -0.900. The maximum absolute atomic E-state index is 12.1. The van der Waals surface area contributed by atoms with E-state index in [1.165, 1.54) is 32.8 Å². The molecule has 4 heteroatoms. The van der Waals surface area contributed by atoms with Gasteiger partial charge in [0.05, 0.1) is 13.2 Å². The molecule has 0 aliphatic heterocycles. The Balaban J connectivity index is 1.53. The van der Waals surface area contributed by atoms with E-state index in [1.807, 2.05) is 0 Å². The highest BCUT2D eigenvalue weighted by Crippen LogP contribution is 2.68. The van der Waals surface area contributed by atoms with E-state index in [2.05, 4.69) is 20.8 Å². The van der Waals surface area contributed by atoms with Gasteiger partial charge in [0.25, 0.3) is 0 Å². The van der Waals surface area contributed by atoms with Gasteiger partial charge >= 0.3 is 5.97 Å². The molecule has 164 valence electrons. The van der Waals surface area contributed by atoms with Gasteiger partial charge in [-0.25, -0.2) is 0 Å². The van der Waals surface area contributed by atoms with Crippen molar-refractivity contribution in [3.63, 3.8) is 0 Å². The largest absolute Gasteiger partial charge is 0.469 e. The van der Waals surface area contributed by atoms with Gasteiger partial charge in [0.2, 0.25) is 0 Å². The first-order valence-corrected chi connectivity index (χ1v) is 12.0. The lowest BCUT2D eigenvalue weighted by Crippen LogP contribution is -2.58. The molecule has 0 amide bonds. The first-order valence-electron chi connectivity index (χ1n) is 12.0. The monoisotopic (exact) mass is 404 g/mol. The number of carbonyl (C=O) groups is 2. The van der Waals surface area contributed by atoms with Crippen LogP contribution in [0.4, 0.5) is 0 Å². The number of rotatable bonds is 4. The zero-order valence-electron chi connectivity index (χ0n) is 18.8. The van der Waals surface area contributed by atoms with Gasteiger partial charge in [-0.3, -0.25) is 9.59 Å². The van der Waals surface area contributed by atoms with Gasteiger partial charge in [-0.05, 0) is 91.3 Å². The van der Waals surface area contributed by atoms with E-state index in [-0.39, 0.29) is 22.9 Å². The predicted octanol–water partition coefficient (Wildman–Crippen LogP) is 4.77. The van der Waals surface area contributed by atoms with Crippen LogP contribution in [0.3, 0.4) is 0 Å². The maximum Gasteiger partial charge on any atom is 0.305 e. The molecule has 0 spiro atoms. The molecule has 4 nitrogen and oxygen atoms in total. The van der Waals surface area contributed by atoms with E-state index >= 15 is 0 Å². The van der Waals surface area contributed by atoms with E-state index in [4.69, 9.17) is 4.74 Å². The summed E-state index contributed by atoms with van der Waals surface area (Å²) < 4.78 is 4.85. The first-order chi connectivity index (χ1) is 13.7. The van der Waals surface area contributed by atoms with E-state index in [1.54, 1.807) is 0 Å². The van der Waals surface area contributed by atoms with Crippen molar-refractivity contribution in [3.05, 3.63) is 0 Å². The maximum atomic E-state index is 12.1. The number of ether oxygens (including phenoxy) is 1. The Kier molecular flexibility index (Phi) is 5.63. The second-order valence-electron chi connectivity index (χ2n) is 11.4. The predicted molar refractivity (Wildman–Crippen MR) is 112 cm³/mol. The molecule has 0 radical (unpaired) electrons. The van der Waals surface area contributed by atoms with Crippen LogP contribution in [0, 0.1) is 46.3 Å². The van der Waals surface area contributed by atoms with Crippen LogP contribution in [-0.2, 0) is 14.3 Å². The SMILES string of the molecule is COC(=O)CC[C@@H](C)[C@H]1CCC2C3C(CC[C@@]21C)[C@@]1(C)CCC(=O)C[C@@H]1C[C@H]3O. The van der Waals surface area contributed by atoms with Crippen molar-refractivity contribution >= 4 is 11.8 Å². The summed E-state index contributed by atoms with van der Waals surface area (Å²) in [5.74, 6) is 3.35. The standard InChI is InChI=1S/C25H40O4/c1-15(5-8-22(28)29-4)18-6-7-19-23-20(10-12-25(18,19)3)24(2)11-9-17(26)13-16(24)14-21(23)27/h15-16,18-21,23,27H,5-14H2,1-4H3/t15-,16-,18-,19?,20?,21-,23?,24+,25-/m1/s1. The fourth-order valence-corrected chi connectivity index (χ4v) is 8.64. The summed E-state index contributed by atoms with van der Waals surface area (Å²) in [6.45, 7) is 7.22. The van der Waals surface area contributed by atoms with Crippen molar-refractivity contribution in [2.24, 2.45) is 46.3 Å². The van der Waals surface area contributed by atoms with Gasteiger partial charge in [0.15, 0.2) is 0 Å². The van der Waals surface area contributed by atoms with Crippen LogP contribution in [-0.4, -0.2) is 30.1 Å². The van der Waals surface area contributed by atoms with Crippen LogP contribution < -0.4 is 0 Å². The fraction of sp³-hybridized carbons (Fsp3) is 0.920.